The Hall–Kier alpha value is -4.75. The molecule has 10 heteroatoms. The molecule has 0 saturated heterocycles. The number of aliphatic hydroxyl groups excluding tert-OH is 1. The molecule has 222 valence electrons. The second-order valence-electron chi connectivity index (χ2n) is 11.0. The van der Waals surface area contributed by atoms with Crippen molar-refractivity contribution < 1.29 is 33.4 Å². The molecule has 1 aliphatic carbocycles. The van der Waals surface area contributed by atoms with Gasteiger partial charge in [0.1, 0.15) is 5.75 Å². The van der Waals surface area contributed by atoms with Crippen molar-refractivity contribution in [2.24, 2.45) is 0 Å². The molecule has 2 aliphatic rings. The van der Waals surface area contributed by atoms with Crippen molar-refractivity contribution in [2.45, 2.75) is 56.3 Å². The lowest BCUT2D eigenvalue weighted by Crippen LogP contribution is -2.61. The van der Waals surface area contributed by atoms with E-state index >= 15 is 0 Å². The van der Waals surface area contributed by atoms with Crippen molar-refractivity contribution in [3.8, 4) is 17.6 Å². The van der Waals surface area contributed by atoms with Gasteiger partial charge < -0.3 is 25.7 Å². The first-order chi connectivity index (χ1) is 20.4. The monoisotopic (exact) mass is 587 g/mol. The van der Waals surface area contributed by atoms with Gasteiger partial charge in [0.25, 0.3) is 17.7 Å². The van der Waals surface area contributed by atoms with Gasteiger partial charge in [-0.15, -0.1) is 0 Å². The Kier molecular flexibility index (Phi) is 7.95. The summed E-state index contributed by atoms with van der Waals surface area (Å²) in [5.74, 6) is -2.86. The van der Waals surface area contributed by atoms with Crippen LogP contribution in [-0.4, -0.2) is 63.0 Å². The maximum absolute atomic E-state index is 14.5. The van der Waals surface area contributed by atoms with E-state index in [1.165, 1.54) is 18.2 Å². The molecule has 1 fully saturated rings. The summed E-state index contributed by atoms with van der Waals surface area (Å²) in [5.41, 5.74) is 1.29. The van der Waals surface area contributed by atoms with Crippen molar-refractivity contribution in [3.05, 3.63) is 101 Å². The van der Waals surface area contributed by atoms with Crippen LogP contribution in [0.4, 0.5) is 8.78 Å². The van der Waals surface area contributed by atoms with E-state index in [0.717, 1.165) is 16.7 Å². The molecule has 1 saturated carbocycles. The number of amides is 3. The molecule has 0 aromatic heterocycles. The lowest BCUT2D eigenvalue weighted by atomic mass is 9.97. The van der Waals surface area contributed by atoms with Crippen molar-refractivity contribution in [1.82, 2.24) is 15.5 Å². The molecule has 4 N–H and O–H groups in total. The van der Waals surface area contributed by atoms with Gasteiger partial charge in [-0.25, -0.2) is 0 Å². The summed E-state index contributed by atoms with van der Waals surface area (Å²) < 4.78 is 29.0. The third kappa shape index (κ3) is 5.94. The van der Waals surface area contributed by atoms with Crippen LogP contribution in [0.25, 0.3) is 0 Å². The number of hydrogen-bond donors (Lipinski definition) is 4. The van der Waals surface area contributed by atoms with Gasteiger partial charge in [-0.1, -0.05) is 66.6 Å². The van der Waals surface area contributed by atoms with Crippen LogP contribution in [-0.2, 0) is 16.1 Å². The number of carbonyl (C=O) groups is 3. The minimum absolute atomic E-state index is 0.0873. The standard InChI is InChI=1S/C33H31F2N3O5/c1-20-9-6-7-12-23(20)18-36-30(42)26-15-16-32(34,35)19-38(26)31(43)28(40)33(17-25(33)22-10-4-3-5-11-22)37-29(41)24-13-8-14-27(39)21(24)2/h3-14,25-26,28,39-40H,17-19H2,1-2H3,(H,36,42)(H,37,41)/t25-,26-,28+,33+/m0/s1. The van der Waals surface area contributed by atoms with Crippen LogP contribution in [0.5, 0.6) is 5.75 Å². The molecule has 3 aromatic carbocycles. The highest BCUT2D eigenvalue weighted by Gasteiger charge is 2.64. The quantitative estimate of drug-likeness (QED) is 0.302. The van der Waals surface area contributed by atoms with Gasteiger partial charge in [0.05, 0.1) is 12.1 Å². The van der Waals surface area contributed by atoms with E-state index in [9.17, 15) is 33.4 Å². The molecule has 1 aliphatic heterocycles. The van der Waals surface area contributed by atoms with Crippen LogP contribution in [0.1, 0.15) is 45.0 Å². The number of phenolic OH excluding ortho intramolecular Hbond substituents is 1. The molecule has 0 unspecified atom stereocenters. The number of aromatic hydroxyl groups is 1. The molecular formula is C33H31F2N3O5. The Morgan fingerprint density at radius 1 is 1.02 bits per heavy atom. The Morgan fingerprint density at radius 3 is 2.44 bits per heavy atom. The van der Waals surface area contributed by atoms with Crippen LogP contribution in [0, 0.1) is 25.7 Å². The number of nitrogens with zero attached hydrogens (tertiary/aromatic N) is 1. The van der Waals surface area contributed by atoms with Gasteiger partial charge in [-0.2, -0.15) is 8.78 Å². The van der Waals surface area contributed by atoms with Crippen LogP contribution in [0.2, 0.25) is 0 Å². The molecule has 3 amide bonds. The van der Waals surface area contributed by atoms with Crippen LogP contribution >= 0.6 is 0 Å². The van der Waals surface area contributed by atoms with Crippen molar-refractivity contribution in [1.29, 1.82) is 0 Å². The fourth-order valence-corrected chi connectivity index (χ4v) is 5.51. The van der Waals surface area contributed by atoms with Gasteiger partial charge in [-0.05, 0) is 55.0 Å². The number of benzene rings is 3. The number of aliphatic hydroxyl groups is 1. The SMILES string of the molecule is Cc1ccccc1CNC(=O)[C@@H]1C#CC(F)(F)CN1C(=O)[C@@H](O)[C@@]1(NC(=O)c2cccc(O)c2C)C[C@H]1c1ccccc1. The largest absolute Gasteiger partial charge is 0.508 e. The Morgan fingerprint density at radius 2 is 1.72 bits per heavy atom. The smallest absolute Gasteiger partial charge is 0.325 e. The molecule has 8 nitrogen and oxygen atoms in total. The number of phenols is 1. The lowest BCUT2D eigenvalue weighted by Gasteiger charge is -2.36. The van der Waals surface area contributed by atoms with Gasteiger partial charge in [0.2, 0.25) is 0 Å². The second kappa shape index (κ2) is 11.5. The van der Waals surface area contributed by atoms with Gasteiger partial charge in [-0.3, -0.25) is 14.4 Å². The third-order valence-electron chi connectivity index (χ3n) is 8.14. The van der Waals surface area contributed by atoms with E-state index in [-0.39, 0.29) is 24.3 Å². The number of hydrogen-bond acceptors (Lipinski definition) is 5. The minimum atomic E-state index is -3.61. The third-order valence-corrected chi connectivity index (χ3v) is 8.14. The average Bonchev–Trinajstić information content (AvgIpc) is 3.72. The van der Waals surface area contributed by atoms with Crippen LogP contribution in [0.15, 0.2) is 72.8 Å². The fourth-order valence-electron chi connectivity index (χ4n) is 5.51. The van der Waals surface area contributed by atoms with E-state index in [1.807, 2.05) is 19.1 Å². The summed E-state index contributed by atoms with van der Waals surface area (Å²) in [6, 6.07) is 19.0. The summed E-state index contributed by atoms with van der Waals surface area (Å²) in [6.07, 6.45) is -1.85. The second-order valence-corrected chi connectivity index (χ2v) is 11.0. The van der Waals surface area contributed by atoms with Crippen LogP contribution < -0.4 is 10.6 Å². The number of alkyl halides is 2. The van der Waals surface area contributed by atoms with Gasteiger partial charge in [0.15, 0.2) is 12.1 Å². The molecule has 5 rings (SSSR count). The topological polar surface area (TPSA) is 119 Å². The molecule has 1 heterocycles. The van der Waals surface area contributed by atoms with Gasteiger partial charge >= 0.3 is 5.92 Å². The molecule has 0 spiro atoms. The van der Waals surface area contributed by atoms with E-state index in [2.05, 4.69) is 16.6 Å². The number of nitrogens with one attached hydrogen (secondary N) is 2. The summed E-state index contributed by atoms with van der Waals surface area (Å²) in [7, 11) is 0. The number of halogens is 2. The van der Waals surface area contributed by atoms with E-state index < -0.39 is 53.8 Å². The number of carbonyl (C=O) groups excluding carboxylic acids is 3. The zero-order chi connectivity index (χ0) is 30.9. The summed E-state index contributed by atoms with van der Waals surface area (Å²) >= 11 is 0. The van der Waals surface area contributed by atoms with E-state index in [0.29, 0.717) is 10.5 Å². The molecular weight excluding hydrogens is 556 g/mol. The molecule has 4 atom stereocenters. The average molecular weight is 588 g/mol. The lowest BCUT2D eigenvalue weighted by molar-refractivity contribution is -0.151. The highest BCUT2D eigenvalue weighted by molar-refractivity contribution is 5.99. The summed E-state index contributed by atoms with van der Waals surface area (Å²) in [5, 5.41) is 27.1. The number of rotatable bonds is 8. The first-order valence-electron chi connectivity index (χ1n) is 13.8. The maximum atomic E-state index is 14.5. The zero-order valence-corrected chi connectivity index (χ0v) is 23.6. The molecule has 0 bridgehead atoms. The van der Waals surface area contributed by atoms with E-state index in [4.69, 9.17) is 0 Å². The normalized spacial score (nSPS) is 22.5. The summed E-state index contributed by atoms with van der Waals surface area (Å²) in [4.78, 5) is 41.0. The van der Waals surface area contributed by atoms with E-state index in [1.54, 1.807) is 55.3 Å². The molecule has 43 heavy (non-hydrogen) atoms. The molecule has 3 aromatic rings. The molecule has 0 radical (unpaired) electrons. The Balaban J connectivity index is 1.43. The summed E-state index contributed by atoms with van der Waals surface area (Å²) in [6.45, 7) is 2.29. The predicted octanol–water partition coefficient (Wildman–Crippen LogP) is 3.19. The van der Waals surface area contributed by atoms with Crippen molar-refractivity contribution in [2.75, 3.05) is 6.54 Å². The maximum Gasteiger partial charge on any atom is 0.325 e. The Bertz CT molecular complexity index is 1630. The first kappa shape index (κ1) is 29.7. The number of aryl methyl sites for hydroxylation is 1. The fraction of sp³-hybridized carbons (Fsp3) is 0.303. The highest BCUT2D eigenvalue weighted by atomic mass is 19.3. The highest BCUT2D eigenvalue weighted by Crippen LogP contribution is 2.54. The Labute approximate surface area is 247 Å². The predicted molar refractivity (Wildman–Crippen MR) is 154 cm³/mol. The zero-order valence-electron chi connectivity index (χ0n) is 23.6. The first-order valence-corrected chi connectivity index (χ1v) is 13.8. The van der Waals surface area contributed by atoms with Crippen molar-refractivity contribution in [3.63, 3.8) is 0 Å². The van der Waals surface area contributed by atoms with Crippen LogP contribution in [0.3, 0.4) is 0 Å². The minimum Gasteiger partial charge on any atom is -0.508 e. The van der Waals surface area contributed by atoms with Gasteiger partial charge in [0, 0.05) is 23.6 Å². The van der Waals surface area contributed by atoms with Crippen molar-refractivity contribution >= 4 is 17.7 Å².